The van der Waals surface area contributed by atoms with Gasteiger partial charge in [-0.3, -0.25) is 34.1 Å². The van der Waals surface area contributed by atoms with Gasteiger partial charge < -0.3 is 29.6 Å². The first-order valence-electron chi connectivity index (χ1n) is 21.1. The molecule has 1 aliphatic carbocycles. The minimum Gasteiger partial charge on any atom is -0.464 e. The van der Waals surface area contributed by atoms with Crippen LogP contribution < -0.4 is 20.9 Å². The monoisotopic (exact) mass is 839 g/mol. The Kier molecular flexibility index (Phi) is 10.5. The molecule has 5 aromatic rings. The molecule has 3 N–H and O–H groups in total. The van der Waals surface area contributed by atoms with Gasteiger partial charge in [0, 0.05) is 74.7 Å². The predicted octanol–water partition coefficient (Wildman–Crippen LogP) is 4.35. The average molecular weight is 840 g/mol. The summed E-state index contributed by atoms with van der Waals surface area (Å²) in [5.41, 5.74) is 1.97. The highest BCUT2D eigenvalue weighted by Gasteiger charge is 2.40. The Labute approximate surface area is 348 Å². The SMILES string of the molecule is O=C1CC[C@H](c2coc3ccc(NC(=O)CN4CCN(CC5CCC(n6cc(NC(=O)c7cnn8ccc(N9C[C@@H]%10C[C@H]9CO%10)nc78)c(C(F)F)n6)CC5)CC4)cc23)C(=O)N1. The van der Waals surface area contributed by atoms with Gasteiger partial charge in [-0.2, -0.15) is 10.2 Å². The zero-order valence-electron chi connectivity index (χ0n) is 33.5. The van der Waals surface area contributed by atoms with Crippen LogP contribution in [0.1, 0.15) is 84.9 Å². The molecular formula is C42H47F2N11O6. The fourth-order valence-corrected chi connectivity index (χ4v) is 9.78. The van der Waals surface area contributed by atoms with Crippen molar-refractivity contribution in [1.29, 1.82) is 0 Å². The van der Waals surface area contributed by atoms with E-state index < -0.39 is 23.9 Å². The Bertz CT molecular complexity index is 2490. The van der Waals surface area contributed by atoms with Crippen LogP contribution in [-0.4, -0.2) is 122 Å². The molecule has 17 nitrogen and oxygen atoms in total. The molecule has 2 bridgehead atoms. The van der Waals surface area contributed by atoms with Gasteiger partial charge in [0.15, 0.2) is 11.3 Å². The number of benzene rings is 1. The van der Waals surface area contributed by atoms with Gasteiger partial charge in [0.25, 0.3) is 12.3 Å². The summed E-state index contributed by atoms with van der Waals surface area (Å²) in [6.07, 6.45) is 8.57. The van der Waals surface area contributed by atoms with E-state index in [2.05, 4.69) is 40.8 Å². The Hall–Kier alpha value is -5.79. The summed E-state index contributed by atoms with van der Waals surface area (Å²) in [4.78, 5) is 62.2. The van der Waals surface area contributed by atoms with E-state index >= 15 is 0 Å². The van der Waals surface area contributed by atoms with E-state index in [-0.39, 0.29) is 60.1 Å². The number of imide groups is 1. The highest BCUT2D eigenvalue weighted by molar-refractivity contribution is 6.08. The van der Waals surface area contributed by atoms with Gasteiger partial charge in [0.1, 0.15) is 17.0 Å². The molecule has 1 saturated carbocycles. The highest BCUT2D eigenvalue weighted by atomic mass is 19.3. The van der Waals surface area contributed by atoms with E-state index in [0.29, 0.717) is 41.4 Å². The fraction of sp³-hybridized carbons (Fsp3) is 0.500. The molecule has 4 aliphatic heterocycles. The molecule has 5 fully saturated rings. The van der Waals surface area contributed by atoms with Crippen LogP contribution in [0.25, 0.3) is 16.6 Å². The molecule has 0 spiro atoms. The van der Waals surface area contributed by atoms with Crippen molar-refractivity contribution in [1.82, 2.24) is 39.5 Å². The fourth-order valence-electron chi connectivity index (χ4n) is 9.78. The summed E-state index contributed by atoms with van der Waals surface area (Å²) in [6, 6.07) is 7.39. The van der Waals surface area contributed by atoms with Gasteiger partial charge in [0.2, 0.25) is 17.7 Å². The third-order valence-corrected chi connectivity index (χ3v) is 13.0. The molecule has 10 rings (SSSR count). The summed E-state index contributed by atoms with van der Waals surface area (Å²) in [7, 11) is 0. The van der Waals surface area contributed by atoms with Crippen molar-refractivity contribution in [2.75, 3.05) is 68.0 Å². The summed E-state index contributed by atoms with van der Waals surface area (Å²) in [5.74, 6) is -0.634. The number of amides is 4. The van der Waals surface area contributed by atoms with E-state index in [9.17, 15) is 28.0 Å². The van der Waals surface area contributed by atoms with Crippen molar-refractivity contribution in [3.63, 3.8) is 0 Å². The second-order valence-electron chi connectivity index (χ2n) is 17.0. The van der Waals surface area contributed by atoms with E-state index in [1.807, 2.05) is 12.1 Å². The van der Waals surface area contributed by atoms with Gasteiger partial charge in [0.05, 0.1) is 55.4 Å². The topological polar surface area (TPSA) is 184 Å². The van der Waals surface area contributed by atoms with Gasteiger partial charge in [-0.1, -0.05) is 0 Å². The van der Waals surface area contributed by atoms with Crippen LogP contribution in [-0.2, 0) is 19.1 Å². The number of ether oxygens (including phenoxy) is 1. The third kappa shape index (κ3) is 7.96. The van der Waals surface area contributed by atoms with Crippen LogP contribution in [0.15, 0.2) is 53.5 Å². The number of morpholine rings is 1. The zero-order chi connectivity index (χ0) is 41.8. The van der Waals surface area contributed by atoms with Crippen LogP contribution in [0.2, 0.25) is 0 Å². The first kappa shape index (κ1) is 39.4. The molecule has 4 amide bonds. The van der Waals surface area contributed by atoms with Gasteiger partial charge in [-0.15, -0.1) is 0 Å². The second-order valence-corrected chi connectivity index (χ2v) is 17.0. The number of carbonyl (C=O) groups excluding carboxylic acids is 4. The lowest BCUT2D eigenvalue weighted by Crippen LogP contribution is -2.49. The molecule has 1 aromatic carbocycles. The highest BCUT2D eigenvalue weighted by Crippen LogP contribution is 2.37. The normalized spacial score (nSPS) is 24.9. The van der Waals surface area contributed by atoms with Crippen molar-refractivity contribution in [2.24, 2.45) is 5.92 Å². The number of anilines is 3. The third-order valence-electron chi connectivity index (χ3n) is 13.0. The van der Waals surface area contributed by atoms with Crippen LogP contribution in [0.4, 0.5) is 26.0 Å². The first-order chi connectivity index (χ1) is 29.6. The van der Waals surface area contributed by atoms with Crippen LogP contribution in [0, 0.1) is 5.92 Å². The molecule has 4 saturated heterocycles. The summed E-state index contributed by atoms with van der Waals surface area (Å²) < 4.78 is 43.1. The van der Waals surface area contributed by atoms with Crippen molar-refractivity contribution in [3.8, 4) is 0 Å². The van der Waals surface area contributed by atoms with Crippen molar-refractivity contribution in [2.45, 2.75) is 75.5 Å². The average Bonchev–Trinajstić information content (AvgIpc) is 4.11. The number of aromatic nitrogens is 5. The van der Waals surface area contributed by atoms with Crippen molar-refractivity contribution in [3.05, 3.63) is 65.9 Å². The Morgan fingerprint density at radius 2 is 1.80 bits per heavy atom. The summed E-state index contributed by atoms with van der Waals surface area (Å²) in [5, 5.41) is 17.4. The van der Waals surface area contributed by atoms with Gasteiger partial charge in [-0.05, 0) is 68.7 Å². The van der Waals surface area contributed by atoms with E-state index in [0.717, 1.165) is 82.6 Å². The second kappa shape index (κ2) is 16.2. The molecule has 19 heteroatoms. The molecule has 320 valence electrons. The minimum atomic E-state index is -2.87. The van der Waals surface area contributed by atoms with Crippen LogP contribution in [0.5, 0.6) is 0 Å². The smallest absolute Gasteiger partial charge is 0.284 e. The number of fused-ring (bicyclic) bond motifs is 4. The Balaban J connectivity index is 0.696. The number of piperazine rings is 1. The van der Waals surface area contributed by atoms with Gasteiger partial charge >= 0.3 is 0 Å². The number of piperidine rings is 1. The van der Waals surface area contributed by atoms with Crippen molar-refractivity contribution < 1.29 is 37.1 Å². The molecule has 8 heterocycles. The number of alkyl halides is 2. The van der Waals surface area contributed by atoms with Crippen LogP contribution >= 0.6 is 0 Å². The maximum absolute atomic E-state index is 14.3. The lowest BCUT2D eigenvalue weighted by Gasteiger charge is -2.38. The number of rotatable bonds is 11. The number of hydrogen-bond acceptors (Lipinski definition) is 12. The molecule has 0 radical (unpaired) electrons. The number of nitrogens with zero attached hydrogens (tertiary/aromatic N) is 8. The number of hydrogen-bond donors (Lipinski definition) is 3. The Morgan fingerprint density at radius 3 is 2.56 bits per heavy atom. The van der Waals surface area contributed by atoms with E-state index in [1.165, 1.54) is 16.9 Å². The number of carbonyl (C=O) groups is 4. The molecule has 4 aromatic heterocycles. The van der Waals surface area contributed by atoms with E-state index in [4.69, 9.17) is 14.1 Å². The molecule has 3 atom stereocenters. The lowest BCUT2D eigenvalue weighted by atomic mass is 9.85. The molecular weight excluding hydrogens is 793 g/mol. The van der Waals surface area contributed by atoms with E-state index in [1.54, 1.807) is 29.3 Å². The molecule has 5 aliphatic rings. The largest absolute Gasteiger partial charge is 0.464 e. The number of furan rings is 1. The van der Waals surface area contributed by atoms with Gasteiger partial charge in [-0.25, -0.2) is 18.3 Å². The quantitative estimate of drug-likeness (QED) is 0.160. The van der Waals surface area contributed by atoms with Crippen molar-refractivity contribution >= 4 is 57.4 Å². The maximum Gasteiger partial charge on any atom is 0.284 e. The number of halogens is 2. The maximum atomic E-state index is 14.3. The lowest BCUT2D eigenvalue weighted by molar-refractivity contribution is -0.134. The number of nitrogens with one attached hydrogen (secondary N) is 3. The first-order valence-corrected chi connectivity index (χ1v) is 21.1. The standard InChI is InChI=1S/C42H47F2N11O6/c43-39(44)38-33(47-42(59)31-17-45-54-10-9-35(48-40(31)54)53-19-28-16-27(53)22-60-28)20-55(50-38)26-4-1-24(2-5-26)18-51-11-13-52(14-12-51)21-37(57)46-25-3-7-34-30(15-25)32(23-61-34)29-6-8-36(56)49-41(29)58/h3,7,9-10,15,17,20,23-24,26-29,39H,1-2,4-6,8,11-14,16,18-19,21-22H2,(H,46,57)(H,47,59)(H,49,56,58)/t24?,26?,27-,28-,29+/m0/s1. The summed E-state index contributed by atoms with van der Waals surface area (Å²) in [6.45, 7) is 5.73. The summed E-state index contributed by atoms with van der Waals surface area (Å²) >= 11 is 0. The Morgan fingerprint density at radius 1 is 0.984 bits per heavy atom. The molecule has 61 heavy (non-hydrogen) atoms. The predicted molar refractivity (Wildman–Crippen MR) is 217 cm³/mol. The minimum absolute atomic E-state index is 0.0175. The molecule has 0 unspecified atom stereocenters. The zero-order valence-corrected chi connectivity index (χ0v) is 33.5. The van der Waals surface area contributed by atoms with Crippen LogP contribution in [0.3, 0.4) is 0 Å².